The van der Waals surface area contributed by atoms with Crippen molar-refractivity contribution in [3.63, 3.8) is 0 Å². The third-order valence-electron chi connectivity index (χ3n) is 6.67. The molecular weight excluding hydrogens is 474 g/mol. The van der Waals surface area contributed by atoms with E-state index in [4.69, 9.17) is 4.98 Å². The summed E-state index contributed by atoms with van der Waals surface area (Å²) in [7, 11) is -3.67. The topological polar surface area (TPSA) is 137 Å². The van der Waals surface area contributed by atoms with Crippen molar-refractivity contribution < 1.29 is 18.6 Å². The van der Waals surface area contributed by atoms with E-state index in [1.807, 2.05) is 31.2 Å². The smallest absolute Gasteiger partial charge is 0.224 e. The number of benzene rings is 1. The molecule has 34 heavy (non-hydrogen) atoms. The Bertz CT molecular complexity index is 1290. The van der Waals surface area contributed by atoms with Gasteiger partial charge in [0.2, 0.25) is 5.95 Å². The molecule has 0 spiro atoms. The second kappa shape index (κ2) is 8.71. The lowest BCUT2D eigenvalue weighted by Crippen LogP contribution is -2.51. The van der Waals surface area contributed by atoms with Crippen molar-refractivity contribution in [2.75, 3.05) is 30.0 Å². The lowest BCUT2D eigenvalue weighted by molar-refractivity contribution is 0.0719. The normalized spacial score (nSPS) is 25.1. The van der Waals surface area contributed by atoms with Crippen LogP contribution in [0.15, 0.2) is 24.3 Å². The molecule has 9 nitrogen and oxygen atoms in total. The summed E-state index contributed by atoms with van der Waals surface area (Å²) in [6, 6.07) is 7.79. The zero-order valence-electron chi connectivity index (χ0n) is 19.2. The molecule has 182 valence electrons. The molecule has 3 unspecified atom stereocenters. The van der Waals surface area contributed by atoms with Gasteiger partial charge in [-0.2, -0.15) is 4.98 Å². The number of nitrogens with one attached hydrogen (secondary N) is 2. The molecule has 2 aromatic heterocycles. The van der Waals surface area contributed by atoms with Crippen molar-refractivity contribution in [3.8, 4) is 10.6 Å². The lowest BCUT2D eigenvalue weighted by atomic mass is 10.1. The standard InChI is InChI=1S/C23H29N5O4S2/c1-13-18(21-26-16-5-3-4-6-17(16)33-21)20(27-22(25-13)24-11-14-7-8-14)28-23(30)10-9-15(12-29)19(23)34(2,31)32/h3-6,14-15,19,29-30H,7-12H2,1-2H3,(H2,24,25,27,28). The Labute approximate surface area is 202 Å². The first-order valence-corrected chi connectivity index (χ1v) is 14.2. The van der Waals surface area contributed by atoms with Crippen molar-refractivity contribution in [3.05, 3.63) is 30.0 Å². The van der Waals surface area contributed by atoms with E-state index in [0.717, 1.165) is 23.0 Å². The van der Waals surface area contributed by atoms with Crippen LogP contribution in [0.1, 0.15) is 31.4 Å². The largest absolute Gasteiger partial charge is 0.396 e. The van der Waals surface area contributed by atoms with Gasteiger partial charge in [-0.15, -0.1) is 11.3 Å². The molecule has 1 aromatic carbocycles. The Kier molecular flexibility index (Phi) is 5.99. The molecule has 0 saturated heterocycles. The van der Waals surface area contributed by atoms with E-state index in [0.29, 0.717) is 40.4 Å². The minimum atomic E-state index is -3.67. The van der Waals surface area contributed by atoms with Gasteiger partial charge in [0.05, 0.1) is 21.5 Å². The van der Waals surface area contributed by atoms with Gasteiger partial charge in [0, 0.05) is 25.3 Å². The van der Waals surface area contributed by atoms with E-state index in [9.17, 15) is 18.6 Å². The first-order chi connectivity index (χ1) is 16.2. The van der Waals surface area contributed by atoms with Gasteiger partial charge in [-0.1, -0.05) is 12.1 Å². The van der Waals surface area contributed by atoms with Crippen LogP contribution in [0.5, 0.6) is 0 Å². The summed E-state index contributed by atoms with van der Waals surface area (Å²) in [5.41, 5.74) is 0.371. The fraction of sp³-hybridized carbons (Fsp3) is 0.522. The number of aliphatic hydroxyl groups is 2. The van der Waals surface area contributed by atoms with Crippen molar-refractivity contribution >= 4 is 43.2 Å². The zero-order chi connectivity index (χ0) is 24.1. The molecule has 0 amide bonds. The highest BCUT2D eigenvalue weighted by molar-refractivity contribution is 7.91. The molecule has 11 heteroatoms. The van der Waals surface area contributed by atoms with Gasteiger partial charge in [-0.25, -0.2) is 18.4 Å². The molecule has 2 saturated carbocycles. The number of thiazole rings is 1. The zero-order valence-corrected chi connectivity index (χ0v) is 20.8. The Morgan fingerprint density at radius 1 is 1.18 bits per heavy atom. The number of para-hydroxylation sites is 1. The van der Waals surface area contributed by atoms with Crippen LogP contribution in [-0.4, -0.2) is 64.0 Å². The highest BCUT2D eigenvalue weighted by atomic mass is 32.2. The average Bonchev–Trinajstić information content (AvgIpc) is 3.40. The highest BCUT2D eigenvalue weighted by Gasteiger charge is 2.53. The minimum absolute atomic E-state index is 0.170. The van der Waals surface area contributed by atoms with E-state index < -0.39 is 26.7 Å². The van der Waals surface area contributed by atoms with Crippen LogP contribution >= 0.6 is 11.3 Å². The van der Waals surface area contributed by atoms with Gasteiger partial charge in [0.1, 0.15) is 16.1 Å². The van der Waals surface area contributed by atoms with Crippen LogP contribution in [-0.2, 0) is 9.84 Å². The van der Waals surface area contributed by atoms with Crippen molar-refractivity contribution in [2.45, 2.75) is 43.6 Å². The molecular formula is C23H29N5O4S2. The van der Waals surface area contributed by atoms with Gasteiger partial charge in [-0.05, 0) is 50.7 Å². The van der Waals surface area contributed by atoms with Crippen molar-refractivity contribution in [1.82, 2.24) is 15.0 Å². The number of nitrogens with zero attached hydrogens (tertiary/aromatic N) is 3. The molecule has 4 N–H and O–H groups in total. The van der Waals surface area contributed by atoms with E-state index in [1.165, 1.54) is 24.2 Å². The summed E-state index contributed by atoms with van der Waals surface area (Å²) in [4.78, 5) is 14.1. The quantitative estimate of drug-likeness (QED) is 0.342. The molecule has 2 aliphatic rings. The van der Waals surface area contributed by atoms with Crippen LogP contribution in [0.25, 0.3) is 20.8 Å². The van der Waals surface area contributed by atoms with Crippen molar-refractivity contribution in [2.24, 2.45) is 11.8 Å². The average molecular weight is 504 g/mol. The van der Waals surface area contributed by atoms with Gasteiger partial charge < -0.3 is 20.8 Å². The van der Waals surface area contributed by atoms with Crippen LogP contribution in [0.3, 0.4) is 0 Å². The van der Waals surface area contributed by atoms with Gasteiger partial charge in [0.15, 0.2) is 15.6 Å². The van der Waals surface area contributed by atoms with E-state index in [1.54, 1.807) is 0 Å². The Hall–Kier alpha value is -2.34. The third kappa shape index (κ3) is 4.49. The van der Waals surface area contributed by atoms with E-state index in [-0.39, 0.29) is 13.0 Å². The van der Waals surface area contributed by atoms with Crippen LogP contribution in [0.2, 0.25) is 0 Å². The predicted octanol–water partition coefficient (Wildman–Crippen LogP) is 2.80. The molecule has 0 bridgehead atoms. The number of hydrogen-bond donors (Lipinski definition) is 4. The van der Waals surface area contributed by atoms with E-state index >= 15 is 0 Å². The molecule has 3 atom stereocenters. The molecule has 0 radical (unpaired) electrons. The summed E-state index contributed by atoms with van der Waals surface area (Å²) >= 11 is 1.49. The Morgan fingerprint density at radius 3 is 2.62 bits per heavy atom. The van der Waals surface area contributed by atoms with Crippen LogP contribution in [0, 0.1) is 18.8 Å². The summed E-state index contributed by atoms with van der Waals surface area (Å²) < 4.78 is 26.3. The number of rotatable bonds is 8. The van der Waals surface area contributed by atoms with Crippen molar-refractivity contribution in [1.29, 1.82) is 0 Å². The molecule has 0 aliphatic heterocycles. The first-order valence-electron chi connectivity index (χ1n) is 11.5. The second-order valence-corrected chi connectivity index (χ2v) is 12.6. The number of anilines is 2. The fourth-order valence-corrected chi connectivity index (χ4v) is 7.72. The number of sulfone groups is 1. The number of fused-ring (bicyclic) bond motifs is 1. The summed E-state index contributed by atoms with van der Waals surface area (Å²) in [6.07, 6.45) is 4.01. The number of hydrogen-bond acceptors (Lipinski definition) is 10. The number of aromatic nitrogens is 3. The molecule has 2 aliphatic carbocycles. The maximum atomic E-state index is 12.6. The maximum Gasteiger partial charge on any atom is 0.224 e. The van der Waals surface area contributed by atoms with Crippen LogP contribution < -0.4 is 10.6 Å². The first kappa shape index (κ1) is 23.4. The monoisotopic (exact) mass is 503 g/mol. The Morgan fingerprint density at radius 2 is 1.94 bits per heavy atom. The summed E-state index contributed by atoms with van der Waals surface area (Å²) in [5, 5.41) is 27.2. The molecule has 2 fully saturated rings. The SMILES string of the molecule is Cc1nc(NCC2CC2)nc(NC2(O)CCC(CO)C2S(C)(=O)=O)c1-c1nc2ccccc2s1. The highest BCUT2D eigenvalue weighted by Crippen LogP contribution is 2.43. The van der Waals surface area contributed by atoms with Gasteiger partial charge in [0.25, 0.3) is 0 Å². The maximum absolute atomic E-state index is 12.6. The third-order valence-corrected chi connectivity index (χ3v) is 9.42. The summed E-state index contributed by atoms with van der Waals surface area (Å²) in [6.45, 7) is 2.31. The van der Waals surface area contributed by atoms with Gasteiger partial charge >= 0.3 is 0 Å². The predicted molar refractivity (Wildman–Crippen MR) is 134 cm³/mol. The number of aryl methyl sites for hydroxylation is 1. The minimum Gasteiger partial charge on any atom is -0.396 e. The van der Waals surface area contributed by atoms with Gasteiger partial charge in [-0.3, -0.25) is 0 Å². The Balaban J connectivity index is 1.59. The number of aliphatic hydroxyl groups excluding tert-OH is 1. The van der Waals surface area contributed by atoms with Crippen LogP contribution in [0.4, 0.5) is 11.8 Å². The lowest BCUT2D eigenvalue weighted by Gasteiger charge is -2.33. The summed E-state index contributed by atoms with van der Waals surface area (Å²) in [5.74, 6) is 0.810. The second-order valence-electron chi connectivity index (χ2n) is 9.45. The van der Waals surface area contributed by atoms with E-state index in [2.05, 4.69) is 20.6 Å². The molecule has 2 heterocycles. The molecule has 5 rings (SSSR count). The fourth-order valence-electron chi connectivity index (χ4n) is 4.85. The molecule has 3 aromatic rings.